The van der Waals surface area contributed by atoms with Crippen molar-refractivity contribution in [3.8, 4) is 5.75 Å². The van der Waals surface area contributed by atoms with Crippen LogP contribution in [0.15, 0.2) is 22.7 Å². The third kappa shape index (κ3) is 4.19. The van der Waals surface area contributed by atoms with Crippen molar-refractivity contribution in [1.29, 1.82) is 0 Å². The maximum absolute atomic E-state index is 5.40. The summed E-state index contributed by atoms with van der Waals surface area (Å²) in [6.07, 6.45) is 0. The Hall–Kier alpha value is -0.620. The van der Waals surface area contributed by atoms with Crippen LogP contribution in [0, 0.1) is 0 Å². The fourth-order valence-corrected chi connectivity index (χ4v) is 2.99. The molecule has 1 heterocycles. The van der Waals surface area contributed by atoms with E-state index in [9.17, 15) is 0 Å². The Morgan fingerprint density at radius 1 is 1.35 bits per heavy atom. The van der Waals surface area contributed by atoms with Crippen molar-refractivity contribution >= 4 is 15.9 Å². The topological polar surface area (TPSA) is 27.7 Å². The van der Waals surface area contributed by atoms with Crippen molar-refractivity contribution in [2.45, 2.75) is 12.6 Å². The normalized spacial score (nSPS) is 21.1. The van der Waals surface area contributed by atoms with Gasteiger partial charge in [-0.3, -0.25) is 4.90 Å². The highest BCUT2D eigenvalue weighted by molar-refractivity contribution is 9.10. The van der Waals surface area contributed by atoms with Gasteiger partial charge in [0.25, 0.3) is 0 Å². The summed E-state index contributed by atoms with van der Waals surface area (Å²) in [4.78, 5) is 4.83. The maximum atomic E-state index is 5.40. The van der Waals surface area contributed by atoms with Crippen molar-refractivity contribution in [3.05, 3.63) is 28.2 Å². The summed E-state index contributed by atoms with van der Waals surface area (Å²) in [6.45, 7) is 5.25. The molecular weight excluding hydrogens is 318 g/mol. The average Bonchev–Trinajstić information content (AvgIpc) is 2.43. The van der Waals surface area contributed by atoms with Gasteiger partial charge in [-0.2, -0.15) is 0 Å². The smallest absolute Gasteiger partial charge is 0.123 e. The van der Waals surface area contributed by atoms with Crippen LogP contribution < -0.4 is 10.1 Å². The molecule has 0 aliphatic carbocycles. The number of hydrogen-bond donors (Lipinski definition) is 1. The van der Waals surface area contributed by atoms with Gasteiger partial charge in [-0.25, -0.2) is 0 Å². The van der Waals surface area contributed by atoms with E-state index in [1.54, 1.807) is 7.11 Å². The fraction of sp³-hybridized carbons (Fsp3) is 0.600. The molecule has 112 valence electrons. The maximum Gasteiger partial charge on any atom is 0.123 e. The number of benzene rings is 1. The molecule has 1 aromatic carbocycles. The SMILES string of the molecule is COc1ccc(Br)cc1CNCC1CN(C)CCN1C. The zero-order valence-electron chi connectivity index (χ0n) is 12.5. The number of nitrogens with one attached hydrogen (secondary N) is 1. The van der Waals surface area contributed by atoms with Crippen LogP contribution in [-0.2, 0) is 6.54 Å². The number of piperazine rings is 1. The van der Waals surface area contributed by atoms with Crippen LogP contribution in [0.5, 0.6) is 5.75 Å². The van der Waals surface area contributed by atoms with Gasteiger partial charge in [-0.1, -0.05) is 15.9 Å². The molecule has 1 N–H and O–H groups in total. The lowest BCUT2D eigenvalue weighted by atomic mass is 10.1. The first-order valence-corrected chi connectivity index (χ1v) is 7.81. The Balaban J connectivity index is 1.87. The highest BCUT2D eigenvalue weighted by Gasteiger charge is 2.21. The molecule has 1 unspecified atom stereocenters. The number of hydrogen-bond acceptors (Lipinski definition) is 4. The second kappa shape index (κ2) is 7.41. The molecule has 0 radical (unpaired) electrons. The van der Waals surface area contributed by atoms with Gasteiger partial charge in [0, 0.05) is 48.8 Å². The molecule has 1 saturated heterocycles. The van der Waals surface area contributed by atoms with Crippen molar-refractivity contribution < 1.29 is 4.74 Å². The second-order valence-electron chi connectivity index (χ2n) is 5.48. The molecule has 1 aliphatic rings. The number of methoxy groups -OCH3 is 1. The first-order valence-electron chi connectivity index (χ1n) is 7.02. The van der Waals surface area contributed by atoms with Gasteiger partial charge >= 0.3 is 0 Å². The minimum atomic E-state index is 0.576. The van der Waals surface area contributed by atoms with Crippen LogP contribution in [0.2, 0.25) is 0 Å². The highest BCUT2D eigenvalue weighted by Crippen LogP contribution is 2.22. The van der Waals surface area contributed by atoms with Crippen LogP contribution in [0.4, 0.5) is 0 Å². The van der Waals surface area contributed by atoms with E-state index in [1.165, 1.54) is 5.56 Å². The van der Waals surface area contributed by atoms with E-state index in [4.69, 9.17) is 4.74 Å². The van der Waals surface area contributed by atoms with Gasteiger partial charge < -0.3 is 15.0 Å². The van der Waals surface area contributed by atoms with Crippen LogP contribution in [0.1, 0.15) is 5.56 Å². The van der Waals surface area contributed by atoms with E-state index in [-0.39, 0.29) is 0 Å². The Labute approximate surface area is 130 Å². The van der Waals surface area contributed by atoms with Gasteiger partial charge in [0.1, 0.15) is 5.75 Å². The first-order chi connectivity index (χ1) is 9.60. The van der Waals surface area contributed by atoms with Crippen molar-refractivity contribution in [2.75, 3.05) is 47.4 Å². The standard InChI is InChI=1S/C15H24BrN3O/c1-18-6-7-19(2)14(11-18)10-17-9-12-8-13(16)4-5-15(12)20-3/h4-5,8,14,17H,6-7,9-11H2,1-3H3. The first kappa shape index (κ1) is 15.8. The molecule has 0 bridgehead atoms. The predicted molar refractivity (Wildman–Crippen MR) is 86.3 cm³/mol. The molecule has 1 aliphatic heterocycles. The van der Waals surface area contributed by atoms with E-state index < -0.39 is 0 Å². The summed E-state index contributed by atoms with van der Waals surface area (Å²) < 4.78 is 6.49. The van der Waals surface area contributed by atoms with Crippen molar-refractivity contribution in [1.82, 2.24) is 15.1 Å². The summed E-state index contributed by atoms with van der Waals surface area (Å²) in [5, 5.41) is 3.56. The third-order valence-corrected chi connectivity index (χ3v) is 4.41. The van der Waals surface area contributed by atoms with E-state index in [0.29, 0.717) is 6.04 Å². The molecule has 4 nitrogen and oxygen atoms in total. The van der Waals surface area contributed by atoms with Crippen LogP contribution in [0.3, 0.4) is 0 Å². The summed E-state index contributed by atoms with van der Waals surface area (Å²) in [6, 6.07) is 6.70. The molecule has 0 saturated carbocycles. The molecule has 1 atom stereocenters. The van der Waals surface area contributed by atoms with Crippen molar-refractivity contribution in [3.63, 3.8) is 0 Å². The van der Waals surface area contributed by atoms with Gasteiger partial charge in [-0.05, 0) is 32.3 Å². The number of rotatable bonds is 5. The molecule has 1 aromatic rings. The zero-order valence-corrected chi connectivity index (χ0v) is 14.1. The molecular formula is C15H24BrN3O. The molecule has 1 fully saturated rings. The lowest BCUT2D eigenvalue weighted by Gasteiger charge is -2.37. The molecule has 5 heteroatoms. The average molecular weight is 342 g/mol. The number of halogens is 1. The number of nitrogens with zero attached hydrogens (tertiary/aromatic N) is 2. The molecule has 0 amide bonds. The molecule has 0 aromatic heterocycles. The van der Waals surface area contributed by atoms with E-state index >= 15 is 0 Å². The summed E-state index contributed by atoms with van der Waals surface area (Å²) in [5.74, 6) is 0.940. The quantitative estimate of drug-likeness (QED) is 0.883. The Morgan fingerprint density at radius 2 is 2.15 bits per heavy atom. The van der Waals surface area contributed by atoms with Crippen molar-refractivity contribution in [2.24, 2.45) is 0 Å². The van der Waals surface area contributed by atoms with E-state index in [0.717, 1.165) is 42.9 Å². The van der Waals surface area contributed by atoms with Gasteiger partial charge in [-0.15, -0.1) is 0 Å². The lowest BCUT2D eigenvalue weighted by Crippen LogP contribution is -2.53. The minimum absolute atomic E-state index is 0.576. The fourth-order valence-electron chi connectivity index (χ4n) is 2.58. The zero-order chi connectivity index (χ0) is 14.5. The summed E-state index contributed by atoms with van der Waals surface area (Å²) >= 11 is 3.51. The van der Waals surface area contributed by atoms with Gasteiger partial charge in [0.2, 0.25) is 0 Å². The Morgan fingerprint density at radius 3 is 2.90 bits per heavy atom. The largest absolute Gasteiger partial charge is 0.496 e. The molecule has 0 spiro atoms. The predicted octanol–water partition coefficient (Wildman–Crippen LogP) is 1.79. The summed E-state index contributed by atoms with van der Waals surface area (Å²) in [5.41, 5.74) is 1.19. The number of likely N-dealkylation sites (N-methyl/N-ethyl adjacent to an activating group) is 2. The van der Waals surface area contributed by atoms with Gasteiger partial charge in [0.05, 0.1) is 7.11 Å². The Bertz CT molecular complexity index is 441. The molecule has 2 rings (SSSR count). The number of ether oxygens (including phenoxy) is 1. The van der Waals surface area contributed by atoms with Crippen LogP contribution in [0.25, 0.3) is 0 Å². The third-order valence-electron chi connectivity index (χ3n) is 3.92. The van der Waals surface area contributed by atoms with Crippen LogP contribution in [-0.4, -0.2) is 63.2 Å². The molecule has 20 heavy (non-hydrogen) atoms. The minimum Gasteiger partial charge on any atom is -0.496 e. The highest BCUT2D eigenvalue weighted by atomic mass is 79.9. The summed E-state index contributed by atoms with van der Waals surface area (Å²) in [7, 11) is 6.12. The van der Waals surface area contributed by atoms with E-state index in [2.05, 4.69) is 51.2 Å². The monoisotopic (exact) mass is 341 g/mol. The van der Waals surface area contributed by atoms with Gasteiger partial charge in [0.15, 0.2) is 0 Å². The Kier molecular flexibility index (Phi) is 5.84. The van der Waals surface area contributed by atoms with E-state index in [1.807, 2.05) is 12.1 Å². The second-order valence-corrected chi connectivity index (χ2v) is 6.40. The van der Waals surface area contributed by atoms with Crippen LogP contribution >= 0.6 is 15.9 Å². The lowest BCUT2D eigenvalue weighted by molar-refractivity contribution is 0.113.